The van der Waals surface area contributed by atoms with Gasteiger partial charge < -0.3 is 10.1 Å². The highest BCUT2D eigenvalue weighted by Gasteiger charge is 2.39. The molecule has 0 radical (unpaired) electrons. The van der Waals surface area contributed by atoms with Crippen LogP contribution in [0.1, 0.15) is 58.2 Å². The molecule has 1 aromatic heterocycles. The summed E-state index contributed by atoms with van der Waals surface area (Å²) in [6.45, 7) is 9.02. The van der Waals surface area contributed by atoms with Crippen molar-refractivity contribution in [3.05, 3.63) is 16.9 Å². The van der Waals surface area contributed by atoms with Gasteiger partial charge in [0, 0.05) is 13.2 Å². The molecule has 1 fully saturated rings. The fourth-order valence-corrected chi connectivity index (χ4v) is 3.12. The number of aryl methyl sites for hydroxylation is 1. The molecule has 4 nitrogen and oxygen atoms in total. The third kappa shape index (κ3) is 4.21. The zero-order valence-electron chi connectivity index (χ0n) is 13.4. The number of hydrogen-bond acceptors (Lipinski definition) is 3. The summed E-state index contributed by atoms with van der Waals surface area (Å²) in [7, 11) is 0. The minimum Gasteiger partial charge on any atom is -0.376 e. The van der Waals surface area contributed by atoms with Crippen LogP contribution in [-0.4, -0.2) is 29.0 Å². The van der Waals surface area contributed by atoms with Crippen molar-refractivity contribution in [1.82, 2.24) is 15.1 Å². The molecule has 1 aliphatic carbocycles. The molecule has 0 aliphatic heterocycles. The molecule has 2 atom stereocenters. The van der Waals surface area contributed by atoms with E-state index in [0.717, 1.165) is 43.3 Å². The average Bonchev–Trinajstić information content (AvgIpc) is 3.25. The van der Waals surface area contributed by atoms with Crippen molar-refractivity contribution in [2.24, 2.45) is 5.92 Å². The Kier molecular flexibility index (Phi) is 6.52. The first-order valence-corrected chi connectivity index (χ1v) is 8.66. The van der Waals surface area contributed by atoms with Gasteiger partial charge in [0.05, 0.1) is 29.1 Å². The van der Waals surface area contributed by atoms with Crippen LogP contribution >= 0.6 is 11.6 Å². The highest BCUT2D eigenvalue weighted by atomic mass is 35.5. The molecule has 1 aliphatic rings. The highest BCUT2D eigenvalue weighted by molar-refractivity contribution is 6.31. The molecule has 0 spiro atoms. The maximum Gasteiger partial charge on any atom is 0.0835 e. The maximum absolute atomic E-state index is 6.44. The summed E-state index contributed by atoms with van der Waals surface area (Å²) in [6.07, 6.45) is 6.63. The summed E-state index contributed by atoms with van der Waals surface area (Å²) >= 11 is 6.44. The van der Waals surface area contributed by atoms with Crippen LogP contribution in [0.4, 0.5) is 0 Å². The normalized spacial score (nSPS) is 17.9. The standard InChI is InChI=1S/C16H28ClN3O/c1-4-9-18-14(16(21-6-3)12-7-8-12)15-13(17)11-19-20(15)10-5-2/h11-12,14,16,18H,4-10H2,1-3H3. The van der Waals surface area contributed by atoms with Gasteiger partial charge in [0.15, 0.2) is 0 Å². The second-order valence-electron chi connectivity index (χ2n) is 5.79. The van der Waals surface area contributed by atoms with E-state index >= 15 is 0 Å². The first-order valence-electron chi connectivity index (χ1n) is 8.29. The molecule has 2 unspecified atom stereocenters. The van der Waals surface area contributed by atoms with Crippen LogP contribution in [0.3, 0.4) is 0 Å². The van der Waals surface area contributed by atoms with Gasteiger partial charge in [0.2, 0.25) is 0 Å². The largest absolute Gasteiger partial charge is 0.376 e. The molecule has 1 saturated carbocycles. The van der Waals surface area contributed by atoms with Crippen LogP contribution < -0.4 is 5.32 Å². The van der Waals surface area contributed by atoms with Crippen molar-refractivity contribution < 1.29 is 4.74 Å². The smallest absolute Gasteiger partial charge is 0.0835 e. The summed E-state index contributed by atoms with van der Waals surface area (Å²) in [5.74, 6) is 0.653. The number of hydrogen-bond donors (Lipinski definition) is 1. The van der Waals surface area contributed by atoms with E-state index in [4.69, 9.17) is 16.3 Å². The summed E-state index contributed by atoms with van der Waals surface area (Å²) in [5, 5.41) is 8.85. The topological polar surface area (TPSA) is 39.1 Å². The molecule has 5 heteroatoms. The van der Waals surface area contributed by atoms with Crippen LogP contribution in [0.5, 0.6) is 0 Å². The number of aromatic nitrogens is 2. The molecule has 1 N–H and O–H groups in total. The van der Waals surface area contributed by atoms with E-state index in [9.17, 15) is 0 Å². The van der Waals surface area contributed by atoms with E-state index in [2.05, 4.69) is 31.2 Å². The number of rotatable bonds is 10. The molecule has 0 aromatic carbocycles. The number of nitrogens with zero attached hydrogens (tertiary/aromatic N) is 2. The fraction of sp³-hybridized carbons (Fsp3) is 0.812. The van der Waals surface area contributed by atoms with Crippen molar-refractivity contribution in [2.45, 2.75) is 65.1 Å². The Balaban J connectivity index is 2.27. The molecule has 0 bridgehead atoms. The first-order chi connectivity index (χ1) is 10.2. The average molecular weight is 314 g/mol. The Hall–Kier alpha value is -0.580. The lowest BCUT2D eigenvalue weighted by atomic mass is 10.0. The van der Waals surface area contributed by atoms with Gasteiger partial charge in [0.1, 0.15) is 0 Å². The van der Waals surface area contributed by atoms with Gasteiger partial charge in [0.25, 0.3) is 0 Å². The third-order valence-electron chi connectivity index (χ3n) is 3.95. The Morgan fingerprint density at radius 3 is 2.71 bits per heavy atom. The number of ether oxygens (including phenoxy) is 1. The predicted octanol–water partition coefficient (Wildman–Crippen LogP) is 3.80. The van der Waals surface area contributed by atoms with E-state index in [-0.39, 0.29) is 12.1 Å². The van der Waals surface area contributed by atoms with E-state index in [0.29, 0.717) is 5.92 Å². The van der Waals surface area contributed by atoms with Crippen molar-refractivity contribution in [2.75, 3.05) is 13.2 Å². The Bertz CT molecular complexity index is 431. The molecule has 2 rings (SSSR count). The van der Waals surface area contributed by atoms with Crippen molar-refractivity contribution in [1.29, 1.82) is 0 Å². The quantitative estimate of drug-likeness (QED) is 0.714. The van der Waals surface area contributed by atoms with Gasteiger partial charge in [-0.3, -0.25) is 4.68 Å². The van der Waals surface area contributed by atoms with Gasteiger partial charge in [-0.2, -0.15) is 5.10 Å². The summed E-state index contributed by atoms with van der Waals surface area (Å²) in [4.78, 5) is 0. The third-order valence-corrected chi connectivity index (χ3v) is 4.24. The molecular formula is C16H28ClN3O. The Morgan fingerprint density at radius 1 is 1.38 bits per heavy atom. The number of nitrogens with one attached hydrogen (secondary N) is 1. The van der Waals surface area contributed by atoms with Crippen LogP contribution in [0, 0.1) is 5.92 Å². The van der Waals surface area contributed by atoms with Gasteiger partial charge in [-0.15, -0.1) is 0 Å². The van der Waals surface area contributed by atoms with E-state index < -0.39 is 0 Å². The lowest BCUT2D eigenvalue weighted by Crippen LogP contribution is -2.37. The lowest BCUT2D eigenvalue weighted by molar-refractivity contribution is 0.0164. The van der Waals surface area contributed by atoms with Crippen molar-refractivity contribution in [3.63, 3.8) is 0 Å². The van der Waals surface area contributed by atoms with Crippen LogP contribution in [0.25, 0.3) is 0 Å². The molecule has 21 heavy (non-hydrogen) atoms. The maximum atomic E-state index is 6.44. The molecule has 120 valence electrons. The monoisotopic (exact) mass is 313 g/mol. The minimum atomic E-state index is 0.138. The molecule has 0 amide bonds. The Labute approximate surface area is 133 Å². The van der Waals surface area contributed by atoms with Crippen LogP contribution in [0.15, 0.2) is 6.20 Å². The minimum absolute atomic E-state index is 0.138. The summed E-state index contributed by atoms with van der Waals surface area (Å²) < 4.78 is 8.12. The van der Waals surface area contributed by atoms with Gasteiger partial charge >= 0.3 is 0 Å². The van der Waals surface area contributed by atoms with Gasteiger partial charge in [-0.05, 0) is 45.1 Å². The van der Waals surface area contributed by atoms with E-state index in [1.165, 1.54) is 12.8 Å². The van der Waals surface area contributed by atoms with Gasteiger partial charge in [-0.25, -0.2) is 0 Å². The fourth-order valence-electron chi connectivity index (χ4n) is 2.86. The lowest BCUT2D eigenvalue weighted by Gasteiger charge is -2.29. The van der Waals surface area contributed by atoms with Gasteiger partial charge in [-0.1, -0.05) is 25.4 Å². The van der Waals surface area contributed by atoms with Crippen LogP contribution in [-0.2, 0) is 11.3 Å². The van der Waals surface area contributed by atoms with Crippen LogP contribution in [0.2, 0.25) is 5.02 Å². The molecule has 1 aromatic rings. The van der Waals surface area contributed by atoms with E-state index in [1.54, 1.807) is 6.20 Å². The highest BCUT2D eigenvalue weighted by Crippen LogP contribution is 2.41. The second kappa shape index (κ2) is 8.16. The Morgan fingerprint density at radius 2 is 2.14 bits per heavy atom. The van der Waals surface area contributed by atoms with E-state index in [1.807, 2.05) is 4.68 Å². The molecule has 1 heterocycles. The van der Waals surface area contributed by atoms with Crippen molar-refractivity contribution in [3.8, 4) is 0 Å². The predicted molar refractivity (Wildman–Crippen MR) is 86.7 cm³/mol. The first kappa shape index (κ1) is 16.8. The zero-order valence-corrected chi connectivity index (χ0v) is 14.2. The molecular weight excluding hydrogens is 286 g/mol. The van der Waals surface area contributed by atoms with Crippen molar-refractivity contribution >= 4 is 11.6 Å². The number of halogens is 1. The summed E-state index contributed by atoms with van der Waals surface area (Å²) in [5.41, 5.74) is 1.09. The SMILES string of the molecule is CCCNC(c1c(Cl)cnn1CCC)C(OCC)C1CC1. The zero-order chi connectivity index (χ0) is 15.2. The summed E-state index contributed by atoms with van der Waals surface area (Å²) in [6, 6.07) is 0.138. The molecule has 0 saturated heterocycles. The second-order valence-corrected chi connectivity index (χ2v) is 6.20.